The zero-order chi connectivity index (χ0) is 18.5. The number of ether oxygens (including phenoxy) is 1. The first-order chi connectivity index (χ1) is 12.3. The van der Waals surface area contributed by atoms with Crippen molar-refractivity contribution >= 4 is 17.6 Å². The van der Waals surface area contributed by atoms with Gasteiger partial charge in [0, 0.05) is 30.4 Å². The highest BCUT2D eigenvalue weighted by atomic mass is 16.5. The Bertz CT molecular complexity index is 869. The van der Waals surface area contributed by atoms with Crippen molar-refractivity contribution in [1.82, 2.24) is 4.90 Å². The third-order valence-electron chi connectivity index (χ3n) is 5.08. The minimum absolute atomic E-state index is 0.110. The summed E-state index contributed by atoms with van der Waals surface area (Å²) in [7, 11) is 1.66. The Morgan fingerprint density at radius 3 is 2.77 bits per heavy atom. The Kier molecular flexibility index (Phi) is 3.61. The Morgan fingerprint density at radius 1 is 1.31 bits per heavy atom. The maximum atomic E-state index is 13.1. The predicted octanol–water partition coefficient (Wildman–Crippen LogP) is 2.88. The van der Waals surface area contributed by atoms with E-state index in [4.69, 9.17) is 10.5 Å². The molecule has 6 nitrogen and oxygen atoms in total. The molecule has 2 aliphatic heterocycles. The SMILES string of the molecule is CN1C(=O)C2(CC(C)(C)Oc3ccc(NC4=CCCC=C4)cc32)N=C1N. The molecule has 1 amide bonds. The number of hydrogen-bond donors (Lipinski definition) is 2. The topological polar surface area (TPSA) is 80.0 Å². The molecular weight excluding hydrogens is 328 g/mol. The van der Waals surface area contributed by atoms with Gasteiger partial charge in [0.25, 0.3) is 5.91 Å². The summed E-state index contributed by atoms with van der Waals surface area (Å²) in [6.45, 7) is 3.94. The largest absolute Gasteiger partial charge is 0.487 e. The van der Waals surface area contributed by atoms with E-state index in [1.807, 2.05) is 32.0 Å². The van der Waals surface area contributed by atoms with Gasteiger partial charge in [0.05, 0.1) is 0 Å². The molecule has 1 aliphatic carbocycles. The van der Waals surface area contributed by atoms with Crippen molar-refractivity contribution < 1.29 is 9.53 Å². The maximum Gasteiger partial charge on any atom is 0.261 e. The molecule has 0 saturated heterocycles. The van der Waals surface area contributed by atoms with Gasteiger partial charge in [0.15, 0.2) is 11.5 Å². The smallest absolute Gasteiger partial charge is 0.261 e. The number of nitrogens with two attached hydrogens (primary N) is 1. The van der Waals surface area contributed by atoms with Gasteiger partial charge in [-0.1, -0.05) is 12.2 Å². The fraction of sp³-hybridized carbons (Fsp3) is 0.400. The summed E-state index contributed by atoms with van der Waals surface area (Å²) in [5.74, 6) is 0.816. The molecule has 0 radical (unpaired) electrons. The number of likely N-dealkylation sites (N-methyl/N-ethyl adjacent to an activating group) is 1. The molecule has 1 unspecified atom stereocenters. The number of aliphatic imine (C=N–C) groups is 1. The van der Waals surface area contributed by atoms with E-state index in [1.165, 1.54) is 4.90 Å². The van der Waals surface area contributed by atoms with Crippen molar-refractivity contribution in [2.24, 2.45) is 10.7 Å². The van der Waals surface area contributed by atoms with Crippen LogP contribution in [0.2, 0.25) is 0 Å². The molecule has 1 atom stereocenters. The first-order valence-electron chi connectivity index (χ1n) is 8.92. The number of nitrogens with zero attached hydrogens (tertiary/aromatic N) is 2. The fourth-order valence-corrected chi connectivity index (χ4v) is 3.93. The van der Waals surface area contributed by atoms with E-state index >= 15 is 0 Å². The van der Waals surface area contributed by atoms with Crippen LogP contribution < -0.4 is 15.8 Å². The van der Waals surface area contributed by atoms with Gasteiger partial charge in [0.1, 0.15) is 11.4 Å². The third kappa shape index (κ3) is 2.57. The van der Waals surface area contributed by atoms with E-state index in [0.29, 0.717) is 12.2 Å². The van der Waals surface area contributed by atoms with Gasteiger partial charge in [-0.15, -0.1) is 0 Å². The number of nitrogens with one attached hydrogen (secondary N) is 1. The van der Waals surface area contributed by atoms with E-state index in [0.717, 1.165) is 29.8 Å². The molecule has 0 bridgehead atoms. The molecule has 0 fully saturated rings. The Hall–Kier alpha value is -2.76. The normalized spacial score (nSPS) is 26.3. The predicted molar refractivity (Wildman–Crippen MR) is 102 cm³/mol. The van der Waals surface area contributed by atoms with Gasteiger partial charge in [0.2, 0.25) is 0 Å². The molecule has 3 aliphatic rings. The zero-order valence-corrected chi connectivity index (χ0v) is 15.4. The van der Waals surface area contributed by atoms with E-state index in [-0.39, 0.29) is 11.9 Å². The van der Waals surface area contributed by atoms with Gasteiger partial charge < -0.3 is 15.8 Å². The summed E-state index contributed by atoms with van der Waals surface area (Å²) in [5.41, 5.74) is 7.17. The van der Waals surface area contributed by atoms with E-state index in [1.54, 1.807) is 7.05 Å². The number of carbonyl (C=O) groups excluding carboxylic acids is 1. The summed E-state index contributed by atoms with van der Waals surface area (Å²) in [5, 5.41) is 3.41. The van der Waals surface area contributed by atoms with Gasteiger partial charge in [-0.25, -0.2) is 4.99 Å². The van der Waals surface area contributed by atoms with Crippen LogP contribution in [-0.4, -0.2) is 29.4 Å². The van der Waals surface area contributed by atoms with Crippen molar-refractivity contribution in [3.63, 3.8) is 0 Å². The van der Waals surface area contributed by atoms with Gasteiger partial charge in [-0.3, -0.25) is 9.69 Å². The first-order valence-corrected chi connectivity index (χ1v) is 8.92. The van der Waals surface area contributed by atoms with Gasteiger partial charge in [-0.05, 0) is 51.0 Å². The summed E-state index contributed by atoms with van der Waals surface area (Å²) in [6, 6.07) is 5.83. The summed E-state index contributed by atoms with van der Waals surface area (Å²) in [6.07, 6.45) is 8.92. The molecule has 2 heterocycles. The number of carbonyl (C=O) groups is 1. The number of guanidine groups is 1. The fourth-order valence-electron chi connectivity index (χ4n) is 3.93. The van der Waals surface area contributed by atoms with E-state index in [2.05, 4.69) is 28.5 Å². The lowest BCUT2D eigenvalue weighted by atomic mass is 9.77. The average Bonchev–Trinajstić information content (AvgIpc) is 2.80. The number of benzene rings is 1. The quantitative estimate of drug-likeness (QED) is 0.858. The number of hydrogen-bond acceptors (Lipinski definition) is 5. The second-order valence-corrected chi connectivity index (χ2v) is 7.71. The summed E-state index contributed by atoms with van der Waals surface area (Å²) in [4.78, 5) is 19.1. The molecule has 3 N–H and O–H groups in total. The van der Waals surface area contributed by atoms with Crippen LogP contribution in [0.4, 0.5) is 5.69 Å². The minimum atomic E-state index is -1.02. The number of anilines is 1. The molecule has 4 rings (SSSR count). The first kappa shape index (κ1) is 16.7. The highest BCUT2D eigenvalue weighted by Crippen LogP contribution is 2.49. The lowest BCUT2D eigenvalue weighted by Gasteiger charge is -2.41. The number of amides is 1. The lowest BCUT2D eigenvalue weighted by molar-refractivity contribution is -0.133. The molecule has 1 aromatic rings. The van der Waals surface area contributed by atoms with Gasteiger partial charge >= 0.3 is 0 Å². The molecule has 0 aromatic heterocycles. The summed E-state index contributed by atoms with van der Waals surface area (Å²) >= 11 is 0. The number of rotatable bonds is 2. The highest BCUT2D eigenvalue weighted by molar-refractivity contribution is 6.07. The molecule has 6 heteroatoms. The molecular formula is C20H24N4O2. The summed E-state index contributed by atoms with van der Waals surface area (Å²) < 4.78 is 6.13. The van der Waals surface area contributed by atoms with E-state index in [9.17, 15) is 4.79 Å². The van der Waals surface area contributed by atoms with Crippen LogP contribution in [0.15, 0.2) is 47.1 Å². The standard InChI is InChI=1S/C20H24N4O2/c1-19(2)12-20(17(25)24(3)18(21)23-20)15-11-14(9-10-16(15)26-19)22-13-7-5-4-6-8-13/h5,7-11,22H,4,6,12H2,1-3H3,(H2,21,23). The van der Waals surface area contributed by atoms with Crippen molar-refractivity contribution in [3.8, 4) is 5.75 Å². The lowest BCUT2D eigenvalue weighted by Crippen LogP contribution is -2.49. The molecule has 1 aromatic carbocycles. The Morgan fingerprint density at radius 2 is 2.12 bits per heavy atom. The second kappa shape index (κ2) is 5.62. The van der Waals surface area contributed by atoms with Crippen molar-refractivity contribution in [2.45, 2.75) is 44.2 Å². The molecule has 136 valence electrons. The van der Waals surface area contributed by atoms with Crippen LogP contribution in [0.5, 0.6) is 5.75 Å². The van der Waals surface area contributed by atoms with Crippen LogP contribution >= 0.6 is 0 Å². The average molecular weight is 352 g/mol. The number of fused-ring (bicyclic) bond motifs is 2. The van der Waals surface area contributed by atoms with Crippen LogP contribution in [0.1, 0.15) is 38.7 Å². The second-order valence-electron chi connectivity index (χ2n) is 7.71. The Balaban J connectivity index is 1.79. The van der Waals surface area contributed by atoms with Crippen LogP contribution in [0, 0.1) is 0 Å². The molecule has 1 spiro atoms. The highest BCUT2D eigenvalue weighted by Gasteiger charge is 2.55. The van der Waals surface area contributed by atoms with Crippen LogP contribution in [0.25, 0.3) is 0 Å². The van der Waals surface area contributed by atoms with Crippen LogP contribution in [0.3, 0.4) is 0 Å². The number of allylic oxidation sites excluding steroid dienone is 3. The molecule has 0 saturated carbocycles. The van der Waals surface area contributed by atoms with E-state index < -0.39 is 11.1 Å². The van der Waals surface area contributed by atoms with Crippen molar-refractivity contribution in [3.05, 3.63) is 47.7 Å². The van der Waals surface area contributed by atoms with Crippen molar-refractivity contribution in [1.29, 1.82) is 0 Å². The monoisotopic (exact) mass is 352 g/mol. The van der Waals surface area contributed by atoms with Gasteiger partial charge in [-0.2, -0.15) is 0 Å². The van der Waals surface area contributed by atoms with Crippen molar-refractivity contribution in [2.75, 3.05) is 12.4 Å². The Labute approximate surface area is 153 Å². The maximum absolute atomic E-state index is 13.1. The zero-order valence-electron chi connectivity index (χ0n) is 15.4. The molecule has 26 heavy (non-hydrogen) atoms. The van der Waals surface area contributed by atoms with Crippen LogP contribution in [-0.2, 0) is 10.3 Å². The third-order valence-corrected chi connectivity index (χ3v) is 5.08. The minimum Gasteiger partial charge on any atom is -0.487 e.